The molecule has 0 fully saturated rings. The number of fused-ring (bicyclic) bond motifs is 3. The molecule has 0 aliphatic rings. The SMILES string of the molecule is COc1ccc2[nH]c3c(=O)n(Cc4ccccc4OC)cnc3c2c1. The molecule has 4 aromatic rings. The Morgan fingerprint density at radius 2 is 1.96 bits per heavy atom. The molecular formula is C19H17N3O3. The molecule has 0 amide bonds. The van der Waals surface area contributed by atoms with Crippen LogP contribution in [-0.2, 0) is 6.54 Å². The van der Waals surface area contributed by atoms with E-state index in [1.807, 2.05) is 42.5 Å². The van der Waals surface area contributed by atoms with Crippen molar-refractivity contribution in [2.45, 2.75) is 6.54 Å². The van der Waals surface area contributed by atoms with Crippen molar-refractivity contribution >= 4 is 21.9 Å². The van der Waals surface area contributed by atoms with Crippen molar-refractivity contribution in [2.24, 2.45) is 0 Å². The van der Waals surface area contributed by atoms with E-state index in [9.17, 15) is 4.79 Å². The highest BCUT2D eigenvalue weighted by Crippen LogP contribution is 2.26. The molecule has 126 valence electrons. The van der Waals surface area contributed by atoms with E-state index in [1.165, 1.54) is 0 Å². The van der Waals surface area contributed by atoms with Crippen LogP contribution in [0.4, 0.5) is 0 Å². The predicted molar refractivity (Wildman–Crippen MR) is 96.5 cm³/mol. The van der Waals surface area contributed by atoms with Crippen LogP contribution in [0.2, 0.25) is 0 Å². The molecule has 2 aromatic carbocycles. The third kappa shape index (κ3) is 2.52. The van der Waals surface area contributed by atoms with Gasteiger partial charge in [-0.15, -0.1) is 0 Å². The molecule has 25 heavy (non-hydrogen) atoms. The fourth-order valence-corrected chi connectivity index (χ4v) is 3.03. The molecule has 6 heteroatoms. The van der Waals surface area contributed by atoms with Gasteiger partial charge in [0.15, 0.2) is 0 Å². The summed E-state index contributed by atoms with van der Waals surface area (Å²) in [5.41, 5.74) is 2.79. The molecule has 2 aromatic heterocycles. The molecule has 0 radical (unpaired) electrons. The van der Waals surface area contributed by atoms with E-state index in [-0.39, 0.29) is 5.56 Å². The number of methoxy groups -OCH3 is 2. The molecule has 1 N–H and O–H groups in total. The number of H-pyrrole nitrogens is 1. The first kappa shape index (κ1) is 15.3. The van der Waals surface area contributed by atoms with E-state index in [4.69, 9.17) is 9.47 Å². The summed E-state index contributed by atoms with van der Waals surface area (Å²) in [5, 5.41) is 0.871. The summed E-state index contributed by atoms with van der Waals surface area (Å²) in [5.74, 6) is 1.48. The van der Waals surface area contributed by atoms with Crippen molar-refractivity contribution in [1.29, 1.82) is 0 Å². The van der Waals surface area contributed by atoms with Crippen LogP contribution in [0.25, 0.3) is 21.9 Å². The summed E-state index contributed by atoms with van der Waals surface area (Å²) in [4.78, 5) is 20.5. The highest BCUT2D eigenvalue weighted by atomic mass is 16.5. The summed E-state index contributed by atoms with van der Waals surface area (Å²) in [7, 11) is 3.23. The Kier molecular flexibility index (Phi) is 3.65. The number of para-hydroxylation sites is 1. The molecule has 0 unspecified atom stereocenters. The summed E-state index contributed by atoms with van der Waals surface area (Å²) in [6, 6.07) is 13.3. The van der Waals surface area contributed by atoms with E-state index >= 15 is 0 Å². The number of benzene rings is 2. The summed E-state index contributed by atoms with van der Waals surface area (Å²) in [6.45, 7) is 0.393. The lowest BCUT2D eigenvalue weighted by Crippen LogP contribution is -2.21. The second kappa shape index (κ2) is 5.98. The monoisotopic (exact) mass is 335 g/mol. The molecule has 0 aliphatic heterocycles. The molecule has 0 saturated heterocycles. The number of nitrogens with one attached hydrogen (secondary N) is 1. The number of aromatic amines is 1. The first-order valence-electron chi connectivity index (χ1n) is 7.88. The van der Waals surface area contributed by atoms with E-state index in [1.54, 1.807) is 25.1 Å². The van der Waals surface area contributed by atoms with Crippen LogP contribution in [0.5, 0.6) is 11.5 Å². The van der Waals surface area contributed by atoms with Gasteiger partial charge in [-0.25, -0.2) is 4.98 Å². The van der Waals surface area contributed by atoms with Crippen molar-refractivity contribution < 1.29 is 9.47 Å². The zero-order valence-corrected chi connectivity index (χ0v) is 13.9. The third-order valence-electron chi connectivity index (χ3n) is 4.31. The van der Waals surface area contributed by atoms with Gasteiger partial charge in [0.2, 0.25) is 0 Å². The maximum atomic E-state index is 12.9. The van der Waals surface area contributed by atoms with E-state index in [0.29, 0.717) is 17.6 Å². The molecule has 4 rings (SSSR count). The van der Waals surface area contributed by atoms with Gasteiger partial charge in [0.05, 0.1) is 27.1 Å². The number of rotatable bonds is 4. The van der Waals surface area contributed by atoms with Gasteiger partial charge in [0, 0.05) is 16.5 Å². The number of aromatic nitrogens is 3. The Bertz CT molecular complexity index is 1130. The zero-order valence-electron chi connectivity index (χ0n) is 13.9. The van der Waals surface area contributed by atoms with E-state index in [2.05, 4.69) is 9.97 Å². The highest BCUT2D eigenvalue weighted by Gasteiger charge is 2.13. The van der Waals surface area contributed by atoms with Crippen LogP contribution in [0.15, 0.2) is 53.6 Å². The fraction of sp³-hybridized carbons (Fsp3) is 0.158. The highest BCUT2D eigenvalue weighted by molar-refractivity contribution is 6.04. The number of ether oxygens (including phenoxy) is 2. The summed E-state index contributed by atoms with van der Waals surface area (Å²) in [6.07, 6.45) is 1.57. The van der Waals surface area contributed by atoms with E-state index in [0.717, 1.165) is 28.0 Å². The number of nitrogens with zero attached hydrogens (tertiary/aromatic N) is 2. The van der Waals surface area contributed by atoms with Crippen LogP contribution in [0.1, 0.15) is 5.56 Å². The Morgan fingerprint density at radius 1 is 1.12 bits per heavy atom. The van der Waals surface area contributed by atoms with Crippen LogP contribution in [0.3, 0.4) is 0 Å². The molecule has 0 bridgehead atoms. The zero-order chi connectivity index (χ0) is 17.4. The Hall–Kier alpha value is -3.28. The minimum Gasteiger partial charge on any atom is -0.497 e. The van der Waals surface area contributed by atoms with Gasteiger partial charge in [-0.3, -0.25) is 9.36 Å². The second-order valence-electron chi connectivity index (χ2n) is 5.75. The first-order valence-corrected chi connectivity index (χ1v) is 7.88. The maximum Gasteiger partial charge on any atom is 0.277 e. The van der Waals surface area contributed by atoms with Gasteiger partial charge < -0.3 is 14.5 Å². The summed E-state index contributed by atoms with van der Waals surface area (Å²) >= 11 is 0. The minimum atomic E-state index is -0.119. The third-order valence-corrected chi connectivity index (χ3v) is 4.31. The minimum absolute atomic E-state index is 0.119. The fourth-order valence-electron chi connectivity index (χ4n) is 3.03. The topological polar surface area (TPSA) is 69.1 Å². The quantitative estimate of drug-likeness (QED) is 0.622. The van der Waals surface area contributed by atoms with Crippen LogP contribution >= 0.6 is 0 Å². The average molecular weight is 335 g/mol. The van der Waals surface area contributed by atoms with Crippen LogP contribution in [0, 0.1) is 0 Å². The predicted octanol–water partition coefficient (Wildman–Crippen LogP) is 2.94. The van der Waals surface area contributed by atoms with E-state index < -0.39 is 0 Å². The molecular weight excluding hydrogens is 318 g/mol. The Balaban J connectivity index is 1.85. The Labute approximate surface area is 143 Å². The molecule has 0 spiro atoms. The lowest BCUT2D eigenvalue weighted by molar-refractivity contribution is 0.408. The summed E-state index contributed by atoms with van der Waals surface area (Å²) < 4.78 is 12.2. The van der Waals surface area contributed by atoms with Gasteiger partial charge in [-0.05, 0) is 24.3 Å². The van der Waals surface area contributed by atoms with Gasteiger partial charge >= 0.3 is 0 Å². The standard InChI is InChI=1S/C19H17N3O3/c1-24-13-7-8-15-14(9-13)17-18(21-15)19(23)22(11-20-17)10-12-5-3-4-6-16(12)25-2/h3-9,11,21H,10H2,1-2H3. The van der Waals surface area contributed by atoms with Crippen LogP contribution < -0.4 is 15.0 Å². The van der Waals surface area contributed by atoms with Crippen molar-refractivity contribution in [3.05, 3.63) is 64.7 Å². The molecule has 6 nitrogen and oxygen atoms in total. The van der Waals surface area contributed by atoms with Gasteiger partial charge in [0.1, 0.15) is 22.5 Å². The van der Waals surface area contributed by atoms with Crippen LogP contribution in [-0.4, -0.2) is 28.8 Å². The molecule has 0 saturated carbocycles. The number of hydrogen-bond acceptors (Lipinski definition) is 4. The molecule has 2 heterocycles. The lowest BCUT2D eigenvalue weighted by Gasteiger charge is -2.09. The van der Waals surface area contributed by atoms with Gasteiger partial charge in [0.25, 0.3) is 5.56 Å². The normalized spacial score (nSPS) is 11.1. The smallest absolute Gasteiger partial charge is 0.277 e. The van der Waals surface area contributed by atoms with Crippen molar-refractivity contribution in [3.8, 4) is 11.5 Å². The van der Waals surface area contributed by atoms with Crippen molar-refractivity contribution in [3.63, 3.8) is 0 Å². The van der Waals surface area contributed by atoms with Gasteiger partial charge in [-0.1, -0.05) is 18.2 Å². The van der Waals surface area contributed by atoms with Gasteiger partial charge in [-0.2, -0.15) is 0 Å². The van der Waals surface area contributed by atoms with Crippen molar-refractivity contribution in [2.75, 3.05) is 14.2 Å². The largest absolute Gasteiger partial charge is 0.497 e. The lowest BCUT2D eigenvalue weighted by atomic mass is 10.2. The average Bonchev–Trinajstić information content (AvgIpc) is 3.03. The first-order chi connectivity index (χ1) is 12.2. The maximum absolute atomic E-state index is 12.9. The Morgan fingerprint density at radius 3 is 2.76 bits per heavy atom. The number of hydrogen-bond donors (Lipinski definition) is 1. The molecule has 0 aliphatic carbocycles. The molecule has 0 atom stereocenters. The van der Waals surface area contributed by atoms with Crippen molar-refractivity contribution in [1.82, 2.24) is 14.5 Å². The second-order valence-corrected chi connectivity index (χ2v) is 5.75.